The molecule has 1 unspecified atom stereocenters. The van der Waals surface area contributed by atoms with Crippen LogP contribution in [-0.2, 0) is 9.59 Å². The Labute approximate surface area is 125 Å². The Balaban J connectivity index is 2.23. The molecule has 5 heteroatoms. The summed E-state index contributed by atoms with van der Waals surface area (Å²) < 4.78 is 0. The van der Waals surface area contributed by atoms with Crippen LogP contribution < -0.4 is 10.6 Å². The predicted octanol–water partition coefficient (Wildman–Crippen LogP) is 2.05. The highest BCUT2D eigenvalue weighted by Crippen LogP contribution is 2.31. The van der Waals surface area contributed by atoms with Crippen LogP contribution in [0.2, 0.25) is 0 Å². The van der Waals surface area contributed by atoms with Gasteiger partial charge in [0.15, 0.2) is 6.04 Å². The fourth-order valence-corrected chi connectivity index (χ4v) is 2.88. The molecule has 1 fully saturated rings. The first-order valence-electron chi connectivity index (χ1n) is 7.57. The lowest BCUT2D eigenvalue weighted by Crippen LogP contribution is -2.38. The molecule has 21 heavy (non-hydrogen) atoms. The number of hydrogen-bond donors (Lipinski definition) is 2. The third-order valence-corrected chi connectivity index (χ3v) is 3.97. The van der Waals surface area contributed by atoms with Gasteiger partial charge in [0.25, 0.3) is 0 Å². The highest BCUT2D eigenvalue weighted by Gasteiger charge is 2.23. The number of hydrogen-bond acceptors (Lipinski definition) is 3. The van der Waals surface area contributed by atoms with E-state index in [9.17, 15) is 9.59 Å². The maximum absolute atomic E-state index is 12.0. The number of aromatic nitrogens is 1. The fraction of sp³-hybridized carbons (Fsp3) is 0.562. The van der Waals surface area contributed by atoms with Gasteiger partial charge in [-0.25, -0.2) is 0 Å². The van der Waals surface area contributed by atoms with Gasteiger partial charge in [0.05, 0.1) is 5.69 Å². The first kappa shape index (κ1) is 15.5. The lowest BCUT2D eigenvalue weighted by atomic mass is 9.86. The van der Waals surface area contributed by atoms with E-state index in [4.69, 9.17) is 0 Å². The average Bonchev–Trinajstić information content (AvgIpc) is 2.52. The number of rotatable bonds is 4. The molecule has 0 spiro atoms. The van der Waals surface area contributed by atoms with E-state index in [1.807, 2.05) is 12.1 Å². The van der Waals surface area contributed by atoms with Crippen LogP contribution >= 0.6 is 0 Å². The summed E-state index contributed by atoms with van der Waals surface area (Å²) in [7, 11) is 1.56. The summed E-state index contributed by atoms with van der Waals surface area (Å²) >= 11 is 0. The van der Waals surface area contributed by atoms with E-state index in [0.717, 1.165) is 18.5 Å². The van der Waals surface area contributed by atoms with Gasteiger partial charge in [-0.15, -0.1) is 0 Å². The largest absolute Gasteiger partial charge is 0.357 e. The molecule has 1 aliphatic rings. The zero-order valence-corrected chi connectivity index (χ0v) is 12.7. The Kier molecular flexibility index (Phi) is 5.31. The van der Waals surface area contributed by atoms with E-state index in [2.05, 4.69) is 15.6 Å². The molecule has 5 nitrogen and oxygen atoms in total. The maximum Gasteiger partial charge on any atom is 0.248 e. The first-order valence-corrected chi connectivity index (χ1v) is 7.57. The van der Waals surface area contributed by atoms with Crippen LogP contribution in [0.3, 0.4) is 0 Å². The van der Waals surface area contributed by atoms with Gasteiger partial charge < -0.3 is 10.6 Å². The predicted molar refractivity (Wildman–Crippen MR) is 80.7 cm³/mol. The van der Waals surface area contributed by atoms with Gasteiger partial charge >= 0.3 is 0 Å². The van der Waals surface area contributed by atoms with E-state index in [0.29, 0.717) is 11.6 Å². The number of amides is 2. The molecular weight excluding hydrogens is 266 g/mol. The highest BCUT2D eigenvalue weighted by atomic mass is 16.2. The molecule has 0 aliphatic heterocycles. The molecule has 1 heterocycles. The summed E-state index contributed by atoms with van der Waals surface area (Å²) in [6.07, 6.45) is 6.08. The highest BCUT2D eigenvalue weighted by molar-refractivity contribution is 5.87. The summed E-state index contributed by atoms with van der Waals surface area (Å²) in [5.74, 6) is -0.0201. The number of nitrogens with one attached hydrogen (secondary N) is 2. The molecule has 1 aromatic heterocycles. The van der Waals surface area contributed by atoms with Gasteiger partial charge in [0.2, 0.25) is 11.8 Å². The first-order chi connectivity index (χ1) is 10.1. The summed E-state index contributed by atoms with van der Waals surface area (Å²) in [6.45, 7) is 1.40. The standard InChI is InChI=1S/C16H23N3O2/c1-11(20)18-15(16(21)17-2)14-10-6-9-13(19-14)12-7-4-3-5-8-12/h6,9-10,12,15H,3-5,7-8H2,1-2H3,(H,17,21)(H,18,20). The van der Waals surface area contributed by atoms with Gasteiger partial charge in [0.1, 0.15) is 0 Å². The molecular formula is C16H23N3O2. The minimum Gasteiger partial charge on any atom is -0.357 e. The molecule has 1 aromatic rings. The molecule has 2 rings (SSSR count). The topological polar surface area (TPSA) is 71.1 Å². The Bertz CT molecular complexity index is 510. The third-order valence-electron chi connectivity index (χ3n) is 3.97. The Morgan fingerprint density at radius 1 is 1.24 bits per heavy atom. The van der Waals surface area contributed by atoms with Crippen molar-refractivity contribution >= 4 is 11.8 Å². The smallest absolute Gasteiger partial charge is 0.248 e. The van der Waals surface area contributed by atoms with Crippen molar-refractivity contribution in [1.82, 2.24) is 15.6 Å². The fourth-order valence-electron chi connectivity index (χ4n) is 2.88. The van der Waals surface area contributed by atoms with E-state index in [1.165, 1.54) is 26.2 Å². The average molecular weight is 289 g/mol. The van der Waals surface area contributed by atoms with E-state index >= 15 is 0 Å². The van der Waals surface area contributed by atoms with Gasteiger partial charge in [-0.3, -0.25) is 14.6 Å². The van der Waals surface area contributed by atoms with E-state index in [1.54, 1.807) is 13.1 Å². The van der Waals surface area contributed by atoms with Crippen molar-refractivity contribution in [3.8, 4) is 0 Å². The van der Waals surface area contributed by atoms with Crippen LogP contribution in [0.25, 0.3) is 0 Å². The quantitative estimate of drug-likeness (QED) is 0.891. The minimum atomic E-state index is -0.726. The van der Waals surface area contributed by atoms with Gasteiger partial charge in [-0.1, -0.05) is 25.3 Å². The van der Waals surface area contributed by atoms with Crippen molar-refractivity contribution in [2.45, 2.75) is 51.0 Å². The second-order valence-corrected chi connectivity index (χ2v) is 5.57. The van der Waals surface area contributed by atoms with Crippen LogP contribution in [0, 0.1) is 0 Å². The summed E-state index contributed by atoms with van der Waals surface area (Å²) in [4.78, 5) is 27.9. The second kappa shape index (κ2) is 7.20. The molecule has 114 valence electrons. The van der Waals surface area contributed by atoms with E-state index < -0.39 is 6.04 Å². The molecule has 0 bridgehead atoms. The minimum absolute atomic E-state index is 0.242. The zero-order chi connectivity index (χ0) is 15.2. The summed E-state index contributed by atoms with van der Waals surface area (Å²) in [6, 6.07) is 5.01. The molecule has 0 saturated heterocycles. The monoisotopic (exact) mass is 289 g/mol. The Hall–Kier alpha value is -1.91. The SMILES string of the molecule is CNC(=O)C(NC(C)=O)c1cccc(C2CCCCC2)n1. The summed E-state index contributed by atoms with van der Waals surface area (Å²) in [5.41, 5.74) is 1.64. The molecule has 1 atom stereocenters. The van der Waals surface area contributed by atoms with E-state index in [-0.39, 0.29) is 11.8 Å². The number of nitrogens with zero attached hydrogens (tertiary/aromatic N) is 1. The molecule has 1 saturated carbocycles. The molecule has 0 radical (unpaired) electrons. The Morgan fingerprint density at radius 3 is 2.57 bits per heavy atom. The van der Waals surface area contributed by atoms with Crippen molar-refractivity contribution in [3.05, 3.63) is 29.6 Å². The van der Waals surface area contributed by atoms with Gasteiger partial charge in [-0.05, 0) is 25.0 Å². The lowest BCUT2D eigenvalue weighted by molar-refractivity contribution is -0.128. The van der Waals surface area contributed by atoms with Crippen LogP contribution in [-0.4, -0.2) is 23.8 Å². The lowest BCUT2D eigenvalue weighted by Gasteiger charge is -2.22. The Morgan fingerprint density at radius 2 is 1.95 bits per heavy atom. The molecule has 2 amide bonds. The number of carbonyl (C=O) groups is 2. The summed E-state index contributed by atoms with van der Waals surface area (Å²) in [5, 5.41) is 5.24. The van der Waals surface area contributed by atoms with Crippen LogP contribution in [0.15, 0.2) is 18.2 Å². The molecule has 0 aromatic carbocycles. The van der Waals surface area contributed by atoms with Crippen molar-refractivity contribution in [2.75, 3.05) is 7.05 Å². The number of pyridine rings is 1. The van der Waals surface area contributed by atoms with Crippen molar-refractivity contribution in [1.29, 1.82) is 0 Å². The normalized spacial score (nSPS) is 17.0. The maximum atomic E-state index is 12.0. The van der Waals surface area contributed by atoms with Crippen LogP contribution in [0.1, 0.15) is 62.4 Å². The van der Waals surface area contributed by atoms with Crippen molar-refractivity contribution < 1.29 is 9.59 Å². The molecule has 2 N–H and O–H groups in total. The van der Waals surface area contributed by atoms with Crippen LogP contribution in [0.5, 0.6) is 0 Å². The number of carbonyl (C=O) groups excluding carboxylic acids is 2. The second-order valence-electron chi connectivity index (χ2n) is 5.57. The van der Waals surface area contributed by atoms with Crippen molar-refractivity contribution in [2.24, 2.45) is 0 Å². The van der Waals surface area contributed by atoms with Crippen molar-refractivity contribution in [3.63, 3.8) is 0 Å². The molecule has 1 aliphatic carbocycles. The van der Waals surface area contributed by atoms with Crippen LogP contribution in [0.4, 0.5) is 0 Å². The zero-order valence-electron chi connectivity index (χ0n) is 12.7. The third kappa shape index (κ3) is 4.03. The number of likely N-dealkylation sites (N-methyl/N-ethyl adjacent to an activating group) is 1. The van der Waals surface area contributed by atoms with Gasteiger partial charge in [0, 0.05) is 25.6 Å². The van der Waals surface area contributed by atoms with Gasteiger partial charge in [-0.2, -0.15) is 0 Å².